The zero-order valence-corrected chi connectivity index (χ0v) is 11.2. The van der Waals surface area contributed by atoms with Gasteiger partial charge >= 0.3 is 0 Å². The third-order valence-electron chi connectivity index (χ3n) is 2.36. The van der Waals surface area contributed by atoms with Gasteiger partial charge in [0.2, 0.25) is 5.91 Å². The summed E-state index contributed by atoms with van der Waals surface area (Å²) in [4.78, 5) is 23.8. The van der Waals surface area contributed by atoms with Crippen LogP contribution >= 0.6 is 11.3 Å². The number of carbonyl (C=O) groups is 2. The molecule has 2 N–H and O–H groups in total. The summed E-state index contributed by atoms with van der Waals surface area (Å²) in [5, 5.41) is 11.2. The average molecular weight is 278 g/mol. The first kappa shape index (κ1) is 13.3. The highest BCUT2D eigenvalue weighted by Gasteiger charge is 2.08. The van der Waals surface area contributed by atoms with Crippen molar-refractivity contribution in [2.45, 2.75) is 6.42 Å². The van der Waals surface area contributed by atoms with Crippen LogP contribution in [-0.4, -0.2) is 28.1 Å². The first-order valence-electron chi connectivity index (χ1n) is 5.76. The number of thiophene rings is 1. The van der Waals surface area contributed by atoms with Gasteiger partial charge in [-0.15, -0.1) is 11.3 Å². The zero-order valence-electron chi connectivity index (χ0n) is 10.4. The van der Waals surface area contributed by atoms with Crippen molar-refractivity contribution >= 4 is 29.0 Å². The maximum atomic E-state index is 11.6. The van der Waals surface area contributed by atoms with E-state index in [0.717, 1.165) is 0 Å². The second kappa shape index (κ2) is 6.14. The van der Waals surface area contributed by atoms with E-state index in [4.69, 9.17) is 0 Å². The molecule has 0 aromatic carbocycles. The van der Waals surface area contributed by atoms with E-state index in [2.05, 4.69) is 15.7 Å². The van der Waals surface area contributed by atoms with Crippen molar-refractivity contribution in [2.75, 3.05) is 11.9 Å². The number of carbonyl (C=O) groups excluding carboxylic acids is 2. The van der Waals surface area contributed by atoms with Crippen molar-refractivity contribution in [3.63, 3.8) is 0 Å². The van der Waals surface area contributed by atoms with Gasteiger partial charge in [-0.05, 0) is 11.4 Å². The predicted molar refractivity (Wildman–Crippen MR) is 73.1 cm³/mol. The Morgan fingerprint density at radius 2 is 2.26 bits per heavy atom. The fourth-order valence-electron chi connectivity index (χ4n) is 1.47. The Balaban J connectivity index is 1.71. The van der Waals surface area contributed by atoms with Crippen LogP contribution in [0.15, 0.2) is 29.8 Å². The Bertz CT molecular complexity index is 562. The summed E-state index contributed by atoms with van der Waals surface area (Å²) in [5.74, 6) is 0.183. The van der Waals surface area contributed by atoms with Crippen LogP contribution in [0.2, 0.25) is 0 Å². The van der Waals surface area contributed by atoms with Gasteiger partial charge in [-0.3, -0.25) is 14.3 Å². The molecule has 0 aliphatic rings. The minimum absolute atomic E-state index is 0.152. The zero-order chi connectivity index (χ0) is 13.7. The molecule has 6 nitrogen and oxygen atoms in total. The number of hydrogen-bond donors (Lipinski definition) is 2. The molecule has 0 bridgehead atoms. The van der Waals surface area contributed by atoms with Gasteiger partial charge < -0.3 is 10.6 Å². The van der Waals surface area contributed by atoms with E-state index in [0.29, 0.717) is 17.2 Å². The second-order valence-electron chi connectivity index (χ2n) is 3.91. The maximum Gasteiger partial charge on any atom is 0.261 e. The highest BCUT2D eigenvalue weighted by Crippen LogP contribution is 2.07. The summed E-state index contributed by atoms with van der Waals surface area (Å²) in [5.41, 5.74) is 0. The van der Waals surface area contributed by atoms with Gasteiger partial charge in [0.05, 0.1) is 4.88 Å². The average Bonchev–Trinajstić information content (AvgIpc) is 3.00. The van der Waals surface area contributed by atoms with Gasteiger partial charge in [0.25, 0.3) is 5.91 Å². The third kappa shape index (κ3) is 3.92. The number of aromatic nitrogens is 2. The molecule has 2 amide bonds. The molecule has 2 heterocycles. The molecular weight excluding hydrogens is 264 g/mol. The largest absolute Gasteiger partial charge is 0.351 e. The Morgan fingerprint density at radius 1 is 1.42 bits per heavy atom. The van der Waals surface area contributed by atoms with Gasteiger partial charge in [0.15, 0.2) is 5.82 Å². The van der Waals surface area contributed by atoms with Crippen LogP contribution in [0.4, 0.5) is 5.82 Å². The lowest BCUT2D eigenvalue weighted by Crippen LogP contribution is -2.27. The number of nitrogens with one attached hydrogen (secondary N) is 2. The van der Waals surface area contributed by atoms with Crippen LogP contribution in [0.25, 0.3) is 0 Å². The summed E-state index contributed by atoms with van der Waals surface area (Å²) in [6.07, 6.45) is 1.96. The van der Waals surface area contributed by atoms with Crippen LogP contribution < -0.4 is 10.6 Å². The molecule has 0 saturated heterocycles. The molecule has 0 spiro atoms. The molecule has 2 aromatic rings. The van der Waals surface area contributed by atoms with Crippen molar-refractivity contribution in [2.24, 2.45) is 7.05 Å². The number of rotatable bonds is 5. The summed E-state index contributed by atoms with van der Waals surface area (Å²) < 4.78 is 1.61. The first-order chi connectivity index (χ1) is 9.15. The lowest BCUT2D eigenvalue weighted by atomic mass is 10.3. The normalized spacial score (nSPS) is 10.2. The summed E-state index contributed by atoms with van der Waals surface area (Å²) in [6, 6.07) is 5.27. The van der Waals surface area contributed by atoms with Crippen molar-refractivity contribution < 1.29 is 9.59 Å². The van der Waals surface area contributed by atoms with Crippen LogP contribution in [0, 0.1) is 0 Å². The van der Waals surface area contributed by atoms with Crippen molar-refractivity contribution in [3.05, 3.63) is 34.7 Å². The summed E-state index contributed by atoms with van der Waals surface area (Å²) in [6.45, 7) is 0.301. The molecule has 2 rings (SSSR count). The molecule has 7 heteroatoms. The monoisotopic (exact) mass is 278 g/mol. The number of anilines is 1. The summed E-state index contributed by atoms with van der Waals surface area (Å²) >= 11 is 1.37. The van der Waals surface area contributed by atoms with Crippen molar-refractivity contribution in [3.8, 4) is 0 Å². The lowest BCUT2D eigenvalue weighted by molar-refractivity contribution is -0.116. The van der Waals surface area contributed by atoms with E-state index in [-0.39, 0.29) is 18.2 Å². The Kier molecular flexibility index (Phi) is 4.30. The molecule has 2 aromatic heterocycles. The molecule has 0 saturated carbocycles. The van der Waals surface area contributed by atoms with Crippen molar-refractivity contribution in [1.82, 2.24) is 15.1 Å². The van der Waals surface area contributed by atoms with Gasteiger partial charge in [-0.2, -0.15) is 5.10 Å². The van der Waals surface area contributed by atoms with Crippen molar-refractivity contribution in [1.29, 1.82) is 0 Å². The third-order valence-corrected chi connectivity index (χ3v) is 3.23. The quantitative estimate of drug-likeness (QED) is 0.864. The Hall–Kier alpha value is -2.15. The van der Waals surface area contributed by atoms with E-state index in [1.807, 2.05) is 11.4 Å². The van der Waals surface area contributed by atoms with Gasteiger partial charge in [0, 0.05) is 32.3 Å². The van der Waals surface area contributed by atoms with Gasteiger partial charge in [-0.1, -0.05) is 6.07 Å². The fraction of sp³-hybridized carbons (Fsp3) is 0.250. The Labute approximate surface area is 114 Å². The maximum absolute atomic E-state index is 11.6. The number of hydrogen-bond acceptors (Lipinski definition) is 4. The highest BCUT2D eigenvalue weighted by molar-refractivity contribution is 7.12. The minimum Gasteiger partial charge on any atom is -0.351 e. The van der Waals surface area contributed by atoms with E-state index >= 15 is 0 Å². The molecule has 0 aliphatic carbocycles. The topological polar surface area (TPSA) is 76.0 Å². The van der Waals surface area contributed by atoms with Gasteiger partial charge in [0.1, 0.15) is 0 Å². The number of aryl methyl sites for hydroxylation is 1. The van der Waals surface area contributed by atoms with E-state index in [9.17, 15) is 9.59 Å². The molecule has 0 aliphatic heterocycles. The van der Waals surface area contributed by atoms with E-state index in [1.165, 1.54) is 11.3 Å². The van der Waals surface area contributed by atoms with Crippen LogP contribution in [0.5, 0.6) is 0 Å². The molecule has 0 radical (unpaired) electrons. The molecule has 0 unspecified atom stereocenters. The van der Waals surface area contributed by atoms with E-state index < -0.39 is 0 Å². The SMILES string of the molecule is Cn1ccc(NC(=O)CCNC(=O)c2cccs2)n1. The second-order valence-corrected chi connectivity index (χ2v) is 4.85. The van der Waals surface area contributed by atoms with Crippen LogP contribution in [0.3, 0.4) is 0 Å². The van der Waals surface area contributed by atoms with Crippen LogP contribution in [-0.2, 0) is 11.8 Å². The minimum atomic E-state index is -0.176. The predicted octanol–water partition coefficient (Wildman–Crippen LogP) is 1.24. The fourth-order valence-corrected chi connectivity index (χ4v) is 2.11. The highest BCUT2D eigenvalue weighted by atomic mass is 32.1. The molecule has 0 atom stereocenters. The standard InChI is InChI=1S/C12H14N4O2S/c1-16-7-5-10(15-16)14-11(17)4-6-13-12(18)9-3-2-8-19-9/h2-3,5,7-8H,4,6H2,1H3,(H,13,18)(H,14,15,17). The van der Waals surface area contributed by atoms with Gasteiger partial charge in [-0.25, -0.2) is 0 Å². The van der Waals surface area contributed by atoms with Crippen LogP contribution in [0.1, 0.15) is 16.1 Å². The smallest absolute Gasteiger partial charge is 0.261 e. The van der Waals surface area contributed by atoms with E-state index in [1.54, 1.807) is 30.1 Å². The Morgan fingerprint density at radius 3 is 2.89 bits per heavy atom. The molecule has 0 fully saturated rings. The molecular formula is C12H14N4O2S. The number of amides is 2. The molecule has 19 heavy (non-hydrogen) atoms. The lowest BCUT2D eigenvalue weighted by Gasteiger charge is -2.03. The number of nitrogens with zero attached hydrogens (tertiary/aromatic N) is 2. The molecule has 100 valence electrons. The first-order valence-corrected chi connectivity index (χ1v) is 6.64. The summed E-state index contributed by atoms with van der Waals surface area (Å²) in [7, 11) is 1.77.